The van der Waals surface area contributed by atoms with Crippen molar-refractivity contribution >= 4 is 22.0 Å². The van der Waals surface area contributed by atoms with Crippen molar-refractivity contribution in [3.8, 4) is 27.7 Å². The number of nitrogens with zero attached hydrogens (tertiary/aromatic N) is 5. The standard InChI is InChI=1S/C17H13N5O3S/c1-2-25-14-9-5-11(6-10-14)15-18-19-17-21(15)20-16(26-17)12-3-7-13(8-4-12)22(23)24/h3-10H,2H2,1H3. The number of benzene rings is 2. The molecular formula is C17H13N5O3S. The highest BCUT2D eigenvalue weighted by molar-refractivity contribution is 7.19. The molecule has 0 bridgehead atoms. The van der Waals surface area contributed by atoms with Crippen molar-refractivity contribution in [3.05, 3.63) is 58.6 Å². The molecule has 0 amide bonds. The van der Waals surface area contributed by atoms with Crippen LogP contribution in [0.1, 0.15) is 6.92 Å². The molecule has 0 aliphatic heterocycles. The molecule has 0 unspecified atom stereocenters. The smallest absolute Gasteiger partial charge is 0.269 e. The van der Waals surface area contributed by atoms with Crippen LogP contribution in [0.15, 0.2) is 48.5 Å². The van der Waals surface area contributed by atoms with E-state index >= 15 is 0 Å². The van der Waals surface area contributed by atoms with Crippen LogP contribution in [0.25, 0.3) is 26.9 Å². The SMILES string of the molecule is CCOc1ccc(-c2nnc3sc(-c4ccc([N+](=O)[O-])cc4)nn23)cc1. The van der Waals surface area contributed by atoms with E-state index in [1.807, 2.05) is 31.2 Å². The predicted octanol–water partition coefficient (Wildman–Crippen LogP) is 3.83. The predicted molar refractivity (Wildman–Crippen MR) is 97.4 cm³/mol. The van der Waals surface area contributed by atoms with Crippen molar-refractivity contribution in [2.75, 3.05) is 6.61 Å². The zero-order chi connectivity index (χ0) is 18.1. The Bertz CT molecular complexity index is 1070. The lowest BCUT2D eigenvalue weighted by atomic mass is 10.2. The Morgan fingerprint density at radius 1 is 1.08 bits per heavy atom. The number of hydrogen-bond acceptors (Lipinski definition) is 7. The number of non-ortho nitro benzene ring substituents is 1. The lowest BCUT2D eigenvalue weighted by Crippen LogP contribution is -1.93. The second kappa shape index (κ2) is 6.52. The molecule has 0 radical (unpaired) electrons. The van der Waals surface area contributed by atoms with Crippen molar-refractivity contribution in [2.24, 2.45) is 0 Å². The fraction of sp³-hybridized carbons (Fsp3) is 0.118. The van der Waals surface area contributed by atoms with Gasteiger partial charge in [-0.1, -0.05) is 11.3 Å². The maximum absolute atomic E-state index is 10.8. The van der Waals surface area contributed by atoms with Crippen LogP contribution in [-0.2, 0) is 0 Å². The molecule has 4 rings (SSSR count). The highest BCUT2D eigenvalue weighted by atomic mass is 32.1. The Labute approximate surface area is 151 Å². The van der Waals surface area contributed by atoms with Crippen LogP contribution in [0.4, 0.5) is 5.69 Å². The summed E-state index contributed by atoms with van der Waals surface area (Å²) in [6.07, 6.45) is 0. The molecule has 2 aromatic heterocycles. The molecule has 2 aromatic carbocycles. The van der Waals surface area contributed by atoms with E-state index in [0.29, 0.717) is 17.4 Å². The number of nitro benzene ring substituents is 1. The van der Waals surface area contributed by atoms with Gasteiger partial charge in [-0.3, -0.25) is 10.1 Å². The monoisotopic (exact) mass is 367 g/mol. The first-order valence-electron chi connectivity index (χ1n) is 7.86. The summed E-state index contributed by atoms with van der Waals surface area (Å²) < 4.78 is 7.13. The van der Waals surface area contributed by atoms with Gasteiger partial charge in [0.25, 0.3) is 5.69 Å². The lowest BCUT2D eigenvalue weighted by molar-refractivity contribution is -0.384. The number of aromatic nitrogens is 4. The molecule has 0 aliphatic rings. The van der Waals surface area contributed by atoms with E-state index in [1.54, 1.807) is 16.6 Å². The highest BCUT2D eigenvalue weighted by Gasteiger charge is 2.15. The van der Waals surface area contributed by atoms with Crippen LogP contribution in [0, 0.1) is 10.1 Å². The molecule has 4 aromatic rings. The molecule has 0 atom stereocenters. The van der Waals surface area contributed by atoms with Gasteiger partial charge in [0.05, 0.1) is 11.5 Å². The maximum Gasteiger partial charge on any atom is 0.269 e. The van der Waals surface area contributed by atoms with Gasteiger partial charge in [-0.05, 0) is 43.3 Å². The minimum Gasteiger partial charge on any atom is -0.494 e. The average molecular weight is 367 g/mol. The van der Waals surface area contributed by atoms with Crippen molar-refractivity contribution < 1.29 is 9.66 Å². The second-order valence-corrected chi connectivity index (χ2v) is 6.34. The average Bonchev–Trinajstić information content (AvgIpc) is 3.23. The summed E-state index contributed by atoms with van der Waals surface area (Å²) in [6, 6.07) is 13.9. The van der Waals surface area contributed by atoms with Gasteiger partial charge in [0.1, 0.15) is 10.8 Å². The van der Waals surface area contributed by atoms with Gasteiger partial charge in [0, 0.05) is 23.3 Å². The summed E-state index contributed by atoms with van der Waals surface area (Å²) in [5.74, 6) is 1.43. The minimum absolute atomic E-state index is 0.0480. The Balaban J connectivity index is 1.69. The summed E-state index contributed by atoms with van der Waals surface area (Å²) in [5, 5.41) is 24.4. The summed E-state index contributed by atoms with van der Waals surface area (Å²) >= 11 is 1.38. The fourth-order valence-corrected chi connectivity index (χ4v) is 3.35. The molecule has 26 heavy (non-hydrogen) atoms. The van der Waals surface area contributed by atoms with Crippen LogP contribution in [-0.4, -0.2) is 31.3 Å². The van der Waals surface area contributed by atoms with Crippen molar-refractivity contribution in [3.63, 3.8) is 0 Å². The molecule has 0 N–H and O–H groups in total. The van der Waals surface area contributed by atoms with Gasteiger partial charge in [-0.25, -0.2) is 0 Å². The summed E-state index contributed by atoms with van der Waals surface area (Å²) in [7, 11) is 0. The zero-order valence-electron chi connectivity index (χ0n) is 13.7. The van der Waals surface area contributed by atoms with E-state index in [0.717, 1.165) is 21.9 Å². The third kappa shape index (κ3) is 2.88. The molecule has 2 heterocycles. The molecule has 8 nitrogen and oxygen atoms in total. The molecule has 0 spiro atoms. The van der Waals surface area contributed by atoms with Gasteiger partial charge in [0.2, 0.25) is 4.96 Å². The quantitative estimate of drug-likeness (QED) is 0.393. The van der Waals surface area contributed by atoms with E-state index in [2.05, 4.69) is 15.3 Å². The van der Waals surface area contributed by atoms with Crippen LogP contribution in [0.3, 0.4) is 0 Å². The summed E-state index contributed by atoms with van der Waals surface area (Å²) in [6.45, 7) is 2.55. The Hall–Kier alpha value is -3.33. The highest BCUT2D eigenvalue weighted by Crippen LogP contribution is 2.29. The molecule has 0 saturated heterocycles. The van der Waals surface area contributed by atoms with Crippen LogP contribution in [0.5, 0.6) is 5.75 Å². The van der Waals surface area contributed by atoms with E-state index in [4.69, 9.17) is 4.74 Å². The van der Waals surface area contributed by atoms with E-state index in [1.165, 1.54) is 23.5 Å². The first-order valence-corrected chi connectivity index (χ1v) is 8.67. The summed E-state index contributed by atoms with van der Waals surface area (Å²) in [5.41, 5.74) is 1.72. The zero-order valence-corrected chi connectivity index (χ0v) is 14.5. The molecule has 130 valence electrons. The van der Waals surface area contributed by atoms with E-state index in [-0.39, 0.29) is 5.69 Å². The molecular weight excluding hydrogens is 354 g/mol. The lowest BCUT2D eigenvalue weighted by Gasteiger charge is -2.03. The van der Waals surface area contributed by atoms with Gasteiger partial charge >= 0.3 is 0 Å². The number of hydrogen-bond donors (Lipinski definition) is 0. The largest absolute Gasteiger partial charge is 0.494 e. The van der Waals surface area contributed by atoms with Gasteiger partial charge in [-0.15, -0.1) is 10.2 Å². The molecule has 0 aliphatic carbocycles. The van der Waals surface area contributed by atoms with Gasteiger partial charge in [-0.2, -0.15) is 9.61 Å². The third-order valence-corrected chi connectivity index (χ3v) is 4.69. The first-order chi connectivity index (χ1) is 12.7. The Morgan fingerprint density at radius 3 is 2.42 bits per heavy atom. The second-order valence-electron chi connectivity index (χ2n) is 5.39. The van der Waals surface area contributed by atoms with E-state index < -0.39 is 4.92 Å². The van der Waals surface area contributed by atoms with Gasteiger partial charge < -0.3 is 4.74 Å². The fourth-order valence-electron chi connectivity index (χ4n) is 2.51. The maximum atomic E-state index is 10.8. The number of nitro groups is 1. The van der Waals surface area contributed by atoms with Crippen LogP contribution >= 0.6 is 11.3 Å². The topological polar surface area (TPSA) is 95.5 Å². The van der Waals surface area contributed by atoms with Crippen molar-refractivity contribution in [2.45, 2.75) is 6.92 Å². The van der Waals surface area contributed by atoms with Crippen LogP contribution < -0.4 is 4.74 Å². The van der Waals surface area contributed by atoms with Crippen molar-refractivity contribution in [1.82, 2.24) is 19.8 Å². The van der Waals surface area contributed by atoms with Crippen molar-refractivity contribution in [1.29, 1.82) is 0 Å². The molecule has 0 saturated carbocycles. The number of ether oxygens (including phenoxy) is 1. The molecule has 0 fully saturated rings. The third-order valence-electron chi connectivity index (χ3n) is 3.74. The Kier molecular flexibility index (Phi) is 4.05. The van der Waals surface area contributed by atoms with Crippen LogP contribution in [0.2, 0.25) is 0 Å². The minimum atomic E-state index is -0.424. The van der Waals surface area contributed by atoms with Gasteiger partial charge in [0.15, 0.2) is 5.82 Å². The normalized spacial score (nSPS) is 11.0. The molecule has 9 heteroatoms. The summed E-state index contributed by atoms with van der Waals surface area (Å²) in [4.78, 5) is 11.0. The first kappa shape index (κ1) is 16.2. The van der Waals surface area contributed by atoms with E-state index in [9.17, 15) is 10.1 Å². The Morgan fingerprint density at radius 2 is 1.77 bits per heavy atom. The number of rotatable bonds is 5. The number of fused-ring (bicyclic) bond motifs is 1.